The molecule has 3 aromatic carbocycles. The fourth-order valence-electron chi connectivity index (χ4n) is 3.97. The number of para-hydroxylation sites is 1. The van der Waals surface area contributed by atoms with Gasteiger partial charge in [0.15, 0.2) is 11.5 Å². The lowest BCUT2D eigenvalue weighted by Crippen LogP contribution is -2.36. The highest BCUT2D eigenvalue weighted by atomic mass is 16.7. The van der Waals surface area contributed by atoms with Crippen molar-refractivity contribution in [2.45, 2.75) is 20.3 Å². The van der Waals surface area contributed by atoms with E-state index in [0.717, 1.165) is 28.8 Å². The van der Waals surface area contributed by atoms with Crippen LogP contribution in [0.3, 0.4) is 0 Å². The molecule has 2 heterocycles. The van der Waals surface area contributed by atoms with Crippen LogP contribution in [-0.4, -0.2) is 30.2 Å². The zero-order chi connectivity index (χ0) is 23.5. The molecule has 7 nitrogen and oxygen atoms in total. The zero-order valence-electron chi connectivity index (χ0n) is 19.1. The van der Waals surface area contributed by atoms with Crippen LogP contribution in [0, 0.1) is 13.8 Å². The summed E-state index contributed by atoms with van der Waals surface area (Å²) in [6.07, 6.45) is 2.76. The van der Waals surface area contributed by atoms with Gasteiger partial charge in [-0.3, -0.25) is 15.1 Å². The lowest BCUT2D eigenvalue weighted by atomic mass is 10.1. The number of ether oxygens (including phenoxy) is 2. The molecule has 1 amide bonds. The molecule has 34 heavy (non-hydrogen) atoms. The third-order valence-corrected chi connectivity index (χ3v) is 6.05. The first-order chi connectivity index (χ1) is 16.6. The highest BCUT2D eigenvalue weighted by molar-refractivity contribution is 6.10. The molecule has 1 aliphatic rings. The highest BCUT2D eigenvalue weighted by Crippen LogP contribution is 2.32. The maximum atomic E-state index is 13.0. The summed E-state index contributed by atoms with van der Waals surface area (Å²) >= 11 is 0. The number of aromatic nitrogens is 1. The highest BCUT2D eigenvalue weighted by Gasteiger charge is 2.17. The third kappa shape index (κ3) is 4.45. The summed E-state index contributed by atoms with van der Waals surface area (Å²) in [6.45, 7) is 4.77. The number of anilines is 1. The minimum Gasteiger partial charge on any atom is -0.454 e. The molecule has 0 atom stereocenters. The first-order valence-electron chi connectivity index (χ1n) is 11.2. The molecule has 0 saturated carbocycles. The van der Waals surface area contributed by atoms with E-state index in [1.165, 1.54) is 10.9 Å². The molecule has 7 heteroatoms. The second kappa shape index (κ2) is 9.31. The van der Waals surface area contributed by atoms with Crippen molar-refractivity contribution in [3.05, 3.63) is 89.1 Å². The molecule has 0 saturated heterocycles. The van der Waals surface area contributed by atoms with Gasteiger partial charge in [0.1, 0.15) is 0 Å². The monoisotopic (exact) mass is 454 g/mol. The maximum Gasteiger partial charge on any atom is 0.258 e. The number of amides is 1. The van der Waals surface area contributed by atoms with Crippen LogP contribution in [0.5, 0.6) is 11.5 Å². The number of fused-ring (bicyclic) bond motifs is 2. The van der Waals surface area contributed by atoms with Gasteiger partial charge in [-0.1, -0.05) is 30.3 Å². The van der Waals surface area contributed by atoms with E-state index in [-0.39, 0.29) is 12.7 Å². The number of nitrogens with one attached hydrogen (secondary N) is 3. The van der Waals surface area contributed by atoms with E-state index in [2.05, 4.69) is 40.7 Å². The number of carbonyl (C=O) groups is 1. The summed E-state index contributed by atoms with van der Waals surface area (Å²) in [5.41, 5.74) is 5.92. The number of hydrogen-bond donors (Lipinski definition) is 3. The number of aliphatic imine (C=N–C) groups is 1. The Morgan fingerprint density at radius 2 is 1.88 bits per heavy atom. The van der Waals surface area contributed by atoms with Gasteiger partial charge >= 0.3 is 0 Å². The van der Waals surface area contributed by atoms with Crippen LogP contribution in [0.2, 0.25) is 0 Å². The Balaban J connectivity index is 1.37. The Hall–Kier alpha value is -4.26. The van der Waals surface area contributed by atoms with Gasteiger partial charge in [-0.2, -0.15) is 0 Å². The number of nitrogens with zero attached hydrogens (tertiary/aromatic N) is 1. The summed E-state index contributed by atoms with van der Waals surface area (Å²) in [5.74, 6) is 1.32. The van der Waals surface area contributed by atoms with Crippen LogP contribution < -0.4 is 20.1 Å². The van der Waals surface area contributed by atoms with Gasteiger partial charge in [0.2, 0.25) is 12.8 Å². The molecule has 4 aromatic rings. The molecule has 1 aromatic heterocycles. The molecule has 0 radical (unpaired) electrons. The Labute approximate surface area is 197 Å². The van der Waals surface area contributed by atoms with Crippen LogP contribution in [-0.2, 0) is 6.42 Å². The lowest BCUT2D eigenvalue weighted by molar-refractivity contribution is 0.0976. The van der Waals surface area contributed by atoms with Gasteiger partial charge in [0.05, 0.1) is 0 Å². The van der Waals surface area contributed by atoms with Gasteiger partial charge in [-0.25, -0.2) is 0 Å². The number of hydrogen-bond acceptors (Lipinski definition) is 4. The summed E-state index contributed by atoms with van der Waals surface area (Å²) in [4.78, 5) is 21.0. The van der Waals surface area contributed by atoms with Crippen LogP contribution in [0.4, 0.5) is 5.69 Å². The van der Waals surface area contributed by atoms with E-state index in [1.807, 2.05) is 37.4 Å². The summed E-state index contributed by atoms with van der Waals surface area (Å²) < 4.78 is 10.8. The number of H-pyrrole nitrogens is 1. The number of aromatic amines is 1. The molecular formula is C27H26N4O3. The molecule has 0 unspecified atom stereocenters. The molecule has 1 aliphatic heterocycles. The Morgan fingerprint density at radius 1 is 1.03 bits per heavy atom. The van der Waals surface area contributed by atoms with E-state index in [9.17, 15) is 4.79 Å². The molecule has 0 spiro atoms. The number of carbonyl (C=O) groups excluding carboxylic acids is 1. The minimum absolute atomic E-state index is 0.162. The van der Waals surface area contributed by atoms with Crippen molar-refractivity contribution in [1.82, 2.24) is 10.3 Å². The number of guanidine groups is 1. The van der Waals surface area contributed by atoms with Gasteiger partial charge in [0, 0.05) is 34.9 Å². The molecule has 0 aliphatic carbocycles. The number of benzene rings is 3. The standard InChI is InChI=1S/C27H26N4O3/c1-17-6-5-9-22(18(17)2)30-27(28-13-12-20-15-29-23-8-4-3-7-21(20)23)31-26(32)19-10-11-24-25(14-19)34-16-33-24/h3-11,14-15,29H,12-13,16H2,1-2H3,(H2,28,30,31,32). The van der Waals surface area contributed by atoms with Crippen molar-refractivity contribution < 1.29 is 14.3 Å². The van der Waals surface area contributed by atoms with Gasteiger partial charge < -0.3 is 19.8 Å². The predicted octanol–water partition coefficient (Wildman–Crippen LogP) is 4.95. The van der Waals surface area contributed by atoms with Crippen LogP contribution in [0.1, 0.15) is 27.0 Å². The Morgan fingerprint density at radius 3 is 2.79 bits per heavy atom. The van der Waals surface area contributed by atoms with E-state index < -0.39 is 0 Å². The summed E-state index contributed by atoms with van der Waals surface area (Å²) in [5, 5.41) is 7.43. The average molecular weight is 455 g/mol. The Kier molecular flexibility index (Phi) is 5.91. The molecule has 0 fully saturated rings. The van der Waals surface area contributed by atoms with Crippen molar-refractivity contribution in [1.29, 1.82) is 0 Å². The van der Waals surface area contributed by atoms with E-state index >= 15 is 0 Å². The van der Waals surface area contributed by atoms with E-state index in [4.69, 9.17) is 14.5 Å². The lowest BCUT2D eigenvalue weighted by Gasteiger charge is -2.15. The molecule has 172 valence electrons. The van der Waals surface area contributed by atoms with E-state index in [1.54, 1.807) is 18.2 Å². The first kappa shape index (κ1) is 21.6. The van der Waals surface area contributed by atoms with Gasteiger partial charge in [0.25, 0.3) is 5.91 Å². The van der Waals surface area contributed by atoms with Crippen molar-refractivity contribution in [3.8, 4) is 11.5 Å². The second-order valence-electron chi connectivity index (χ2n) is 8.23. The Bertz CT molecular complexity index is 1390. The quantitative estimate of drug-likeness (QED) is 0.294. The second-order valence-corrected chi connectivity index (χ2v) is 8.23. The molecular weight excluding hydrogens is 428 g/mol. The third-order valence-electron chi connectivity index (χ3n) is 6.05. The maximum absolute atomic E-state index is 13.0. The fraction of sp³-hybridized carbons (Fsp3) is 0.185. The van der Waals surface area contributed by atoms with Gasteiger partial charge in [-0.05, 0) is 67.3 Å². The van der Waals surface area contributed by atoms with Gasteiger partial charge in [-0.15, -0.1) is 0 Å². The number of rotatable bonds is 5. The summed E-state index contributed by atoms with van der Waals surface area (Å²) in [6, 6.07) is 19.3. The van der Waals surface area contributed by atoms with Crippen molar-refractivity contribution >= 4 is 28.5 Å². The van der Waals surface area contributed by atoms with Crippen molar-refractivity contribution in [2.75, 3.05) is 18.7 Å². The number of aryl methyl sites for hydroxylation is 1. The normalized spacial score (nSPS) is 12.7. The zero-order valence-corrected chi connectivity index (χ0v) is 19.1. The average Bonchev–Trinajstić information content (AvgIpc) is 3.48. The smallest absolute Gasteiger partial charge is 0.258 e. The topological polar surface area (TPSA) is 87.7 Å². The van der Waals surface area contributed by atoms with Crippen molar-refractivity contribution in [2.24, 2.45) is 4.99 Å². The van der Waals surface area contributed by atoms with Crippen LogP contribution in [0.15, 0.2) is 71.9 Å². The first-order valence-corrected chi connectivity index (χ1v) is 11.2. The molecule has 0 bridgehead atoms. The minimum atomic E-state index is -0.276. The van der Waals surface area contributed by atoms with E-state index in [0.29, 0.717) is 29.6 Å². The fourth-order valence-corrected chi connectivity index (χ4v) is 3.97. The summed E-state index contributed by atoms with van der Waals surface area (Å²) in [7, 11) is 0. The predicted molar refractivity (Wildman–Crippen MR) is 134 cm³/mol. The SMILES string of the molecule is Cc1cccc(NC(=NCCc2c[nH]c3ccccc23)NC(=O)c2ccc3c(c2)OCO3)c1C. The molecule has 5 rings (SSSR count). The van der Waals surface area contributed by atoms with Crippen molar-refractivity contribution in [3.63, 3.8) is 0 Å². The van der Waals surface area contributed by atoms with Crippen LogP contribution >= 0.6 is 0 Å². The van der Waals surface area contributed by atoms with Crippen LogP contribution in [0.25, 0.3) is 10.9 Å². The largest absolute Gasteiger partial charge is 0.454 e. The molecule has 3 N–H and O–H groups in total.